The summed E-state index contributed by atoms with van der Waals surface area (Å²) in [6.07, 6.45) is 4.59. The average molecular weight is 335 g/mol. The lowest BCUT2D eigenvalue weighted by Gasteiger charge is -2.22. The Kier molecular flexibility index (Phi) is 4.61. The van der Waals surface area contributed by atoms with Gasteiger partial charge in [-0.3, -0.25) is 4.79 Å². The first-order chi connectivity index (χ1) is 10.6. The van der Waals surface area contributed by atoms with E-state index in [1.807, 2.05) is 6.92 Å². The van der Waals surface area contributed by atoms with E-state index < -0.39 is 5.54 Å². The summed E-state index contributed by atoms with van der Waals surface area (Å²) < 4.78 is 0. The molecule has 0 saturated heterocycles. The summed E-state index contributed by atoms with van der Waals surface area (Å²) in [4.78, 5) is 19.1. The van der Waals surface area contributed by atoms with E-state index in [1.165, 1.54) is 9.75 Å². The maximum absolute atomic E-state index is 12.1. The maximum Gasteiger partial charge on any atom is 0.240 e. The van der Waals surface area contributed by atoms with Gasteiger partial charge >= 0.3 is 0 Å². The molecule has 3 rings (SSSR count). The van der Waals surface area contributed by atoms with Crippen molar-refractivity contribution < 1.29 is 4.79 Å². The van der Waals surface area contributed by atoms with Crippen LogP contribution in [0.25, 0.3) is 10.6 Å². The molecule has 0 unspecified atom stereocenters. The highest BCUT2D eigenvalue weighted by molar-refractivity contribution is 7.16. The van der Waals surface area contributed by atoms with Crippen LogP contribution in [0.15, 0.2) is 17.5 Å². The number of nitrogens with zero attached hydrogens (tertiary/aromatic N) is 1. The average Bonchev–Trinajstić information content (AvgIpc) is 3.20. The van der Waals surface area contributed by atoms with Crippen LogP contribution in [0.1, 0.15) is 35.6 Å². The summed E-state index contributed by atoms with van der Waals surface area (Å²) in [6.45, 7) is 2.66. The minimum atomic E-state index is -0.626. The third-order valence-corrected chi connectivity index (χ3v) is 6.08. The first-order valence-corrected chi connectivity index (χ1v) is 9.35. The number of hydrogen-bond acceptors (Lipinski definition) is 5. The van der Waals surface area contributed by atoms with Gasteiger partial charge in [0.05, 0.1) is 21.1 Å². The SMILES string of the molecule is Cc1nc(-c2ccc(CCNC(=O)C3(N)CCCC3)s2)cs1. The molecule has 1 aliphatic carbocycles. The molecule has 2 aromatic rings. The van der Waals surface area contributed by atoms with Crippen molar-refractivity contribution in [3.63, 3.8) is 0 Å². The summed E-state index contributed by atoms with van der Waals surface area (Å²) in [7, 11) is 0. The highest BCUT2D eigenvalue weighted by Gasteiger charge is 2.36. The molecule has 1 amide bonds. The number of aryl methyl sites for hydroxylation is 1. The largest absolute Gasteiger partial charge is 0.354 e. The zero-order valence-corrected chi connectivity index (χ0v) is 14.4. The van der Waals surface area contributed by atoms with E-state index in [9.17, 15) is 4.79 Å². The van der Waals surface area contributed by atoms with E-state index in [-0.39, 0.29) is 5.91 Å². The van der Waals surface area contributed by atoms with Crippen LogP contribution in [0.2, 0.25) is 0 Å². The van der Waals surface area contributed by atoms with Crippen LogP contribution in [0.3, 0.4) is 0 Å². The molecule has 1 aliphatic rings. The fourth-order valence-electron chi connectivity index (χ4n) is 2.83. The van der Waals surface area contributed by atoms with E-state index in [0.717, 1.165) is 42.8 Å². The number of carbonyl (C=O) groups excluding carboxylic acids is 1. The molecule has 2 aromatic heterocycles. The quantitative estimate of drug-likeness (QED) is 0.882. The molecule has 0 atom stereocenters. The molecule has 1 saturated carbocycles. The van der Waals surface area contributed by atoms with Crippen molar-refractivity contribution in [1.82, 2.24) is 10.3 Å². The van der Waals surface area contributed by atoms with Crippen molar-refractivity contribution >= 4 is 28.6 Å². The third-order valence-electron chi connectivity index (χ3n) is 4.14. The molecule has 4 nitrogen and oxygen atoms in total. The first-order valence-electron chi connectivity index (χ1n) is 7.65. The Balaban J connectivity index is 1.52. The van der Waals surface area contributed by atoms with Gasteiger partial charge in [0.1, 0.15) is 0 Å². The molecule has 1 fully saturated rings. The summed E-state index contributed by atoms with van der Waals surface area (Å²) in [5, 5.41) is 6.17. The molecular formula is C16H21N3OS2. The highest BCUT2D eigenvalue weighted by atomic mass is 32.1. The smallest absolute Gasteiger partial charge is 0.240 e. The molecule has 2 heterocycles. The molecule has 0 aromatic carbocycles. The Morgan fingerprint density at radius 2 is 2.18 bits per heavy atom. The van der Waals surface area contributed by atoms with Gasteiger partial charge in [-0.1, -0.05) is 12.8 Å². The fourth-order valence-corrected chi connectivity index (χ4v) is 4.49. The predicted molar refractivity (Wildman–Crippen MR) is 92.3 cm³/mol. The Labute approximate surface area is 138 Å². The van der Waals surface area contributed by atoms with Crippen LogP contribution < -0.4 is 11.1 Å². The number of amides is 1. The minimum absolute atomic E-state index is 0.0110. The lowest BCUT2D eigenvalue weighted by atomic mass is 9.98. The number of hydrogen-bond donors (Lipinski definition) is 2. The van der Waals surface area contributed by atoms with Crippen molar-refractivity contribution in [2.45, 2.75) is 44.6 Å². The fraction of sp³-hybridized carbons (Fsp3) is 0.500. The molecule has 0 spiro atoms. The van der Waals surface area contributed by atoms with E-state index in [0.29, 0.717) is 6.54 Å². The minimum Gasteiger partial charge on any atom is -0.354 e. The van der Waals surface area contributed by atoms with Gasteiger partial charge in [-0.15, -0.1) is 22.7 Å². The number of carbonyl (C=O) groups is 1. The number of nitrogens with two attached hydrogens (primary N) is 1. The Morgan fingerprint density at radius 1 is 1.41 bits per heavy atom. The summed E-state index contributed by atoms with van der Waals surface area (Å²) in [5.41, 5.74) is 6.57. The van der Waals surface area contributed by atoms with Gasteiger partial charge in [-0.05, 0) is 38.3 Å². The Bertz CT molecular complexity index is 656. The standard InChI is InChI=1S/C16H21N3OS2/c1-11-19-13(10-21-11)14-5-4-12(22-14)6-9-18-15(20)16(17)7-2-3-8-16/h4-5,10H,2-3,6-9,17H2,1H3,(H,18,20). The Morgan fingerprint density at radius 3 is 2.86 bits per heavy atom. The van der Waals surface area contributed by atoms with Gasteiger partial charge in [0, 0.05) is 16.8 Å². The van der Waals surface area contributed by atoms with Crippen LogP contribution in [0, 0.1) is 6.92 Å². The molecule has 6 heteroatoms. The number of aromatic nitrogens is 1. The number of nitrogens with one attached hydrogen (secondary N) is 1. The lowest BCUT2D eigenvalue weighted by molar-refractivity contribution is -0.126. The van der Waals surface area contributed by atoms with Crippen LogP contribution in [0.5, 0.6) is 0 Å². The van der Waals surface area contributed by atoms with Gasteiger partial charge in [-0.2, -0.15) is 0 Å². The van der Waals surface area contributed by atoms with Crippen molar-refractivity contribution in [3.8, 4) is 10.6 Å². The summed E-state index contributed by atoms with van der Waals surface area (Å²) in [5.74, 6) is 0.0110. The number of rotatable bonds is 5. The van der Waals surface area contributed by atoms with Crippen LogP contribution >= 0.6 is 22.7 Å². The molecule has 0 radical (unpaired) electrons. The number of thiophene rings is 1. The normalized spacial score (nSPS) is 16.8. The van der Waals surface area contributed by atoms with E-state index in [1.54, 1.807) is 22.7 Å². The van der Waals surface area contributed by atoms with Gasteiger partial charge in [-0.25, -0.2) is 4.98 Å². The van der Waals surface area contributed by atoms with Crippen molar-refractivity contribution in [2.24, 2.45) is 5.73 Å². The first kappa shape index (κ1) is 15.6. The molecule has 118 valence electrons. The predicted octanol–water partition coefficient (Wildman–Crippen LogP) is 3.11. The second-order valence-corrected chi connectivity index (χ2v) is 8.12. The van der Waals surface area contributed by atoms with Crippen molar-refractivity contribution in [3.05, 3.63) is 27.4 Å². The van der Waals surface area contributed by atoms with Crippen LogP contribution in [0.4, 0.5) is 0 Å². The van der Waals surface area contributed by atoms with E-state index in [2.05, 4.69) is 27.8 Å². The Hall–Kier alpha value is -1.24. The highest BCUT2D eigenvalue weighted by Crippen LogP contribution is 2.29. The topological polar surface area (TPSA) is 68.0 Å². The van der Waals surface area contributed by atoms with Crippen LogP contribution in [-0.4, -0.2) is 23.0 Å². The molecular weight excluding hydrogens is 314 g/mol. The van der Waals surface area contributed by atoms with Gasteiger partial charge in [0.2, 0.25) is 5.91 Å². The van der Waals surface area contributed by atoms with E-state index >= 15 is 0 Å². The summed E-state index contributed by atoms with van der Waals surface area (Å²) in [6, 6.07) is 4.23. The van der Waals surface area contributed by atoms with Crippen molar-refractivity contribution in [2.75, 3.05) is 6.54 Å². The third kappa shape index (κ3) is 3.39. The molecule has 0 aliphatic heterocycles. The van der Waals surface area contributed by atoms with E-state index in [4.69, 9.17) is 5.73 Å². The van der Waals surface area contributed by atoms with Gasteiger partial charge < -0.3 is 11.1 Å². The van der Waals surface area contributed by atoms with Gasteiger partial charge in [0.25, 0.3) is 0 Å². The molecule has 22 heavy (non-hydrogen) atoms. The second kappa shape index (κ2) is 6.48. The second-order valence-electron chi connectivity index (χ2n) is 5.89. The summed E-state index contributed by atoms with van der Waals surface area (Å²) >= 11 is 3.41. The molecule has 0 bridgehead atoms. The zero-order valence-electron chi connectivity index (χ0n) is 12.7. The zero-order chi connectivity index (χ0) is 15.6. The molecule has 3 N–H and O–H groups in total. The van der Waals surface area contributed by atoms with Crippen molar-refractivity contribution in [1.29, 1.82) is 0 Å². The van der Waals surface area contributed by atoms with Gasteiger partial charge in [0.15, 0.2) is 0 Å². The number of thiazole rings is 1. The maximum atomic E-state index is 12.1. The van der Waals surface area contributed by atoms with Crippen LogP contribution in [-0.2, 0) is 11.2 Å². The monoisotopic (exact) mass is 335 g/mol. The lowest BCUT2D eigenvalue weighted by Crippen LogP contribution is -2.52.